The van der Waals surface area contributed by atoms with Crippen LogP contribution >= 0.6 is 20.6 Å². The summed E-state index contributed by atoms with van der Waals surface area (Å²) in [7, 11) is 3.07. The van der Waals surface area contributed by atoms with Gasteiger partial charge in [-0.05, 0) is 57.7 Å². The van der Waals surface area contributed by atoms with Gasteiger partial charge in [-0.25, -0.2) is 4.98 Å². The van der Waals surface area contributed by atoms with Crippen molar-refractivity contribution >= 4 is 48.3 Å². The number of aryl methyl sites for hydroxylation is 2. The van der Waals surface area contributed by atoms with E-state index in [1.165, 1.54) is 24.6 Å². The predicted octanol–water partition coefficient (Wildman–Crippen LogP) is 4.85. The number of nitrogens with one attached hydrogen (secondary N) is 2. The summed E-state index contributed by atoms with van der Waals surface area (Å²) in [5.41, 5.74) is -3.27. The molecule has 2 amide bonds. The van der Waals surface area contributed by atoms with Crippen LogP contribution in [0.4, 0.5) is 14.5 Å². The molecule has 3 aromatic rings. The van der Waals surface area contributed by atoms with Crippen LogP contribution in [-0.4, -0.2) is 52.3 Å². The number of nitrogens with zero attached hydrogens (tertiary/aromatic N) is 2. The van der Waals surface area contributed by atoms with Crippen LogP contribution in [0, 0.1) is 13.8 Å². The number of fused-ring (bicyclic) bond motifs is 4. The molecular weight excluding hydrogens is 521 g/mol. The fraction of sp³-hybridized carbons (Fsp3) is 0.440. The van der Waals surface area contributed by atoms with E-state index in [4.69, 9.17) is 9.47 Å². The molecule has 0 spiro atoms. The molecule has 37 heavy (non-hydrogen) atoms. The maximum Gasteiger partial charge on any atom is 0.287 e. The van der Waals surface area contributed by atoms with Crippen LogP contribution in [0.5, 0.6) is 5.75 Å². The van der Waals surface area contributed by atoms with Gasteiger partial charge in [-0.2, -0.15) is 8.78 Å². The largest absolute Gasteiger partial charge is 0.496 e. The molecule has 1 aliphatic carbocycles. The van der Waals surface area contributed by atoms with Crippen LogP contribution in [-0.2, 0) is 4.74 Å². The van der Waals surface area contributed by atoms with Gasteiger partial charge < -0.3 is 20.1 Å². The quantitative estimate of drug-likeness (QED) is 0.427. The van der Waals surface area contributed by atoms with Gasteiger partial charge in [-0.3, -0.25) is 14.6 Å². The van der Waals surface area contributed by atoms with E-state index in [9.17, 15) is 18.4 Å². The van der Waals surface area contributed by atoms with E-state index in [1.54, 1.807) is 34.4 Å². The first-order chi connectivity index (χ1) is 17.5. The number of anilines is 1. The average Bonchev–Trinajstić information content (AvgIpc) is 3.24. The number of carbonyl (C=O) groups excluding carboxylic acids is 2. The highest BCUT2D eigenvalue weighted by atomic mass is 32.1. The van der Waals surface area contributed by atoms with E-state index in [-0.39, 0.29) is 30.7 Å². The molecule has 1 atom stereocenters. The second kappa shape index (κ2) is 9.22. The van der Waals surface area contributed by atoms with E-state index >= 15 is 0 Å². The normalized spacial score (nSPS) is 23.2. The van der Waals surface area contributed by atoms with Crippen molar-refractivity contribution in [3.8, 4) is 5.75 Å². The minimum Gasteiger partial charge on any atom is -0.496 e. The first-order valence-corrected chi connectivity index (χ1v) is 13.2. The predicted molar refractivity (Wildman–Crippen MR) is 140 cm³/mol. The van der Waals surface area contributed by atoms with E-state index in [1.807, 2.05) is 6.92 Å². The first kappa shape index (κ1) is 25.9. The zero-order valence-corrected chi connectivity index (χ0v) is 22.6. The van der Waals surface area contributed by atoms with E-state index in [2.05, 4.69) is 20.6 Å². The van der Waals surface area contributed by atoms with Gasteiger partial charge in [0.1, 0.15) is 16.9 Å². The Bertz CT molecular complexity index is 1380. The second-order valence-corrected chi connectivity index (χ2v) is 11.6. The average molecular weight is 549 g/mol. The van der Waals surface area contributed by atoms with Gasteiger partial charge in [0.15, 0.2) is 0 Å². The molecule has 6 rings (SSSR count). The SMILES string of the molecule is COc1ccc2nc(C)sc2c1C(=O)Nc1cnc(C)cc1C(=O)NC12CCC(C(F)(F)P)(CC1)OC2. The van der Waals surface area contributed by atoms with E-state index < -0.39 is 28.6 Å². The Labute approximate surface area is 218 Å². The van der Waals surface area contributed by atoms with Crippen LogP contribution < -0.4 is 15.4 Å². The summed E-state index contributed by atoms with van der Waals surface area (Å²) >= 11 is 1.38. The molecule has 2 N–H and O–H groups in total. The Hall–Kier alpha value is -2.75. The smallest absolute Gasteiger partial charge is 0.287 e. The number of benzene rings is 1. The van der Waals surface area contributed by atoms with Crippen molar-refractivity contribution in [2.45, 2.75) is 56.3 Å². The molecule has 2 bridgehead atoms. The van der Waals surface area contributed by atoms with Gasteiger partial charge in [-0.15, -0.1) is 11.3 Å². The number of rotatable bonds is 6. The monoisotopic (exact) mass is 548 g/mol. The molecule has 8 nitrogen and oxygen atoms in total. The molecule has 2 aromatic heterocycles. The van der Waals surface area contributed by atoms with Gasteiger partial charge in [0, 0.05) is 5.69 Å². The highest BCUT2D eigenvalue weighted by Gasteiger charge is 2.60. The molecule has 196 valence electrons. The third kappa shape index (κ3) is 4.57. The molecule has 1 unspecified atom stereocenters. The summed E-state index contributed by atoms with van der Waals surface area (Å²) in [5, 5.41) is 6.64. The minimum absolute atomic E-state index is 0.00157. The molecule has 2 aliphatic heterocycles. The number of alkyl halides is 2. The second-order valence-electron chi connectivity index (χ2n) is 9.69. The lowest BCUT2D eigenvalue weighted by atomic mass is 9.71. The zero-order chi connectivity index (χ0) is 26.6. The van der Waals surface area contributed by atoms with Crippen molar-refractivity contribution < 1.29 is 27.8 Å². The Balaban J connectivity index is 1.41. The van der Waals surface area contributed by atoms with Crippen LogP contribution in [0.2, 0.25) is 0 Å². The molecule has 3 aliphatic rings. The highest BCUT2D eigenvalue weighted by molar-refractivity contribution is 7.19. The molecule has 12 heteroatoms. The molecule has 3 fully saturated rings. The highest BCUT2D eigenvalue weighted by Crippen LogP contribution is 2.53. The number of carbonyl (C=O) groups is 2. The number of pyridine rings is 1. The van der Waals surface area contributed by atoms with Crippen molar-refractivity contribution in [3.05, 3.63) is 46.2 Å². The summed E-state index contributed by atoms with van der Waals surface area (Å²) in [6, 6.07) is 5.06. The van der Waals surface area contributed by atoms with Crippen LogP contribution in [0.1, 0.15) is 57.1 Å². The Kier molecular flexibility index (Phi) is 6.45. The number of methoxy groups -OCH3 is 1. The molecule has 2 saturated heterocycles. The fourth-order valence-electron chi connectivity index (χ4n) is 5.10. The molecule has 0 radical (unpaired) electrons. The zero-order valence-electron chi connectivity index (χ0n) is 20.6. The summed E-state index contributed by atoms with van der Waals surface area (Å²) in [6.45, 7) is 3.60. The van der Waals surface area contributed by atoms with E-state index in [0.717, 1.165) is 5.01 Å². The molecule has 4 heterocycles. The molecule has 1 saturated carbocycles. The Morgan fingerprint density at radius 1 is 1.19 bits per heavy atom. The fourth-order valence-corrected chi connectivity index (χ4v) is 6.42. The number of amides is 2. The van der Waals surface area contributed by atoms with Crippen molar-refractivity contribution in [1.82, 2.24) is 15.3 Å². The first-order valence-electron chi connectivity index (χ1n) is 11.8. The number of hydrogen-bond donors (Lipinski definition) is 2. The summed E-state index contributed by atoms with van der Waals surface area (Å²) in [6.07, 6.45) is 2.46. The lowest BCUT2D eigenvalue weighted by molar-refractivity contribution is -0.231. The number of hydrogen-bond acceptors (Lipinski definition) is 7. The topological polar surface area (TPSA) is 102 Å². The molecular formula is C25H27F2N4O4PS. The molecule has 1 aromatic carbocycles. The lowest BCUT2D eigenvalue weighted by Gasteiger charge is -2.54. The van der Waals surface area contributed by atoms with Gasteiger partial charge >= 0.3 is 0 Å². The maximum atomic E-state index is 14.1. The number of thiazole rings is 1. The van der Waals surface area contributed by atoms with Crippen molar-refractivity contribution in [3.63, 3.8) is 0 Å². The summed E-state index contributed by atoms with van der Waals surface area (Å²) in [4.78, 5) is 35.6. The number of aromatic nitrogens is 2. The van der Waals surface area contributed by atoms with Gasteiger partial charge in [0.05, 0.1) is 51.9 Å². The standard InChI is InChI=1S/C25H27F2N4O4PS/c1-13-10-15(21(32)31-23-6-8-24(9-7-23,35-12-23)25(26,27)36)17(11-28-13)30-22(33)19-18(34-3)5-4-16-20(19)37-14(2)29-16/h4-5,10-11H,6-9,12,36H2,1-3H3,(H,30,33)(H,31,32). The van der Waals surface area contributed by atoms with Gasteiger partial charge in [0.2, 0.25) is 0 Å². The third-order valence-corrected chi connectivity index (χ3v) is 8.76. The Morgan fingerprint density at radius 3 is 2.54 bits per heavy atom. The lowest BCUT2D eigenvalue weighted by Crippen LogP contribution is -2.66. The Morgan fingerprint density at radius 2 is 1.92 bits per heavy atom. The van der Waals surface area contributed by atoms with Gasteiger partial charge in [0.25, 0.3) is 17.5 Å². The van der Waals surface area contributed by atoms with Crippen molar-refractivity contribution in [2.24, 2.45) is 0 Å². The number of ether oxygens (including phenoxy) is 2. The van der Waals surface area contributed by atoms with Crippen LogP contribution in [0.3, 0.4) is 0 Å². The van der Waals surface area contributed by atoms with Gasteiger partial charge in [-0.1, -0.05) is 9.24 Å². The third-order valence-electron chi connectivity index (χ3n) is 7.23. The number of halogens is 2. The van der Waals surface area contributed by atoms with Crippen LogP contribution in [0.25, 0.3) is 10.2 Å². The summed E-state index contributed by atoms with van der Waals surface area (Å²) < 4.78 is 40.0. The van der Waals surface area contributed by atoms with Crippen molar-refractivity contribution in [2.75, 3.05) is 19.0 Å². The maximum absolute atomic E-state index is 14.1. The van der Waals surface area contributed by atoms with Crippen LogP contribution in [0.15, 0.2) is 24.4 Å². The minimum atomic E-state index is -3.04. The van der Waals surface area contributed by atoms with Crippen molar-refractivity contribution in [1.29, 1.82) is 0 Å². The summed E-state index contributed by atoms with van der Waals surface area (Å²) in [5.74, 6) is -0.514. The van der Waals surface area contributed by atoms with E-state index in [0.29, 0.717) is 40.1 Å².